The number of rotatable bonds is 3. The number of aryl methyl sites for hydroxylation is 1. The molecule has 1 aromatic carbocycles. The summed E-state index contributed by atoms with van der Waals surface area (Å²) in [6.07, 6.45) is 3.37. The zero-order chi connectivity index (χ0) is 21.5. The van der Waals surface area contributed by atoms with E-state index in [1.165, 1.54) is 17.8 Å². The molecule has 1 aromatic heterocycles. The number of carbonyl (C=O) groups is 2. The van der Waals surface area contributed by atoms with Gasteiger partial charge in [0, 0.05) is 32.0 Å². The van der Waals surface area contributed by atoms with Gasteiger partial charge >= 0.3 is 0 Å². The van der Waals surface area contributed by atoms with E-state index in [1.807, 2.05) is 32.2 Å². The molecule has 3 heterocycles. The number of benzene rings is 1. The van der Waals surface area contributed by atoms with Crippen molar-refractivity contribution in [3.05, 3.63) is 56.8 Å². The zero-order valence-electron chi connectivity index (χ0n) is 17.4. The topological polar surface area (TPSA) is 92.4 Å². The van der Waals surface area contributed by atoms with Gasteiger partial charge in [-0.05, 0) is 37.3 Å². The molecule has 0 atom stereocenters. The van der Waals surface area contributed by atoms with E-state index < -0.39 is 5.60 Å². The normalized spacial score (nSPS) is 17.6. The highest BCUT2D eigenvalue weighted by molar-refractivity contribution is 7.97. The second kappa shape index (κ2) is 7.91. The summed E-state index contributed by atoms with van der Waals surface area (Å²) in [6, 6.07) is 5.05. The first kappa shape index (κ1) is 20.7. The number of nitrogens with one attached hydrogen (secondary N) is 1. The van der Waals surface area contributed by atoms with Crippen LogP contribution in [0.1, 0.15) is 57.1 Å². The maximum atomic E-state index is 12.9. The van der Waals surface area contributed by atoms with E-state index in [4.69, 9.17) is 4.74 Å². The molecule has 8 heteroatoms. The number of aromatic amines is 1. The number of aromatic nitrogens is 2. The Bertz CT molecular complexity index is 1070. The van der Waals surface area contributed by atoms with Crippen molar-refractivity contribution >= 4 is 23.5 Å². The van der Waals surface area contributed by atoms with Gasteiger partial charge in [0.2, 0.25) is 0 Å². The lowest BCUT2D eigenvalue weighted by Crippen LogP contribution is -2.52. The summed E-state index contributed by atoms with van der Waals surface area (Å²) in [7, 11) is 0. The average molecular weight is 428 g/mol. The maximum Gasteiger partial charge on any atom is 0.272 e. The van der Waals surface area contributed by atoms with Gasteiger partial charge in [-0.3, -0.25) is 14.4 Å². The fraction of sp³-hybridized carbons (Fsp3) is 0.455. The van der Waals surface area contributed by atoms with Crippen LogP contribution in [0.4, 0.5) is 0 Å². The van der Waals surface area contributed by atoms with Crippen LogP contribution in [0.2, 0.25) is 0 Å². The predicted molar refractivity (Wildman–Crippen MR) is 115 cm³/mol. The first-order valence-corrected chi connectivity index (χ1v) is 11.4. The fourth-order valence-electron chi connectivity index (χ4n) is 4.16. The largest absolute Gasteiger partial charge is 0.486 e. The quantitative estimate of drug-likeness (QED) is 0.810. The standard InChI is InChI=1S/C22H25N3O4S/c1-13-4-5-15-17(26)11-22(29-20(15)14(13)2)6-8-25(9-7-22)21(28)16-10-19(27)24-18(23-16)12-30-3/h4-5,10H,6-9,11-12H2,1-3H3,(H,23,24,27). The summed E-state index contributed by atoms with van der Waals surface area (Å²) < 4.78 is 6.41. The van der Waals surface area contributed by atoms with Crippen LogP contribution in [-0.2, 0) is 5.75 Å². The summed E-state index contributed by atoms with van der Waals surface area (Å²) in [5.74, 6) is 1.55. The number of hydrogen-bond donors (Lipinski definition) is 1. The van der Waals surface area contributed by atoms with Crippen LogP contribution in [0.25, 0.3) is 0 Å². The van der Waals surface area contributed by atoms with Crippen molar-refractivity contribution < 1.29 is 14.3 Å². The molecular weight excluding hydrogens is 402 g/mol. The highest BCUT2D eigenvalue weighted by atomic mass is 32.2. The Morgan fingerprint density at radius 2 is 2.00 bits per heavy atom. The number of hydrogen-bond acceptors (Lipinski definition) is 6. The molecule has 1 spiro atoms. The molecular formula is C22H25N3O4S. The highest BCUT2D eigenvalue weighted by Gasteiger charge is 2.44. The van der Waals surface area contributed by atoms with Gasteiger partial charge < -0.3 is 14.6 Å². The molecule has 2 aliphatic heterocycles. The van der Waals surface area contributed by atoms with Crippen molar-refractivity contribution in [3.8, 4) is 5.75 Å². The number of thioether (sulfide) groups is 1. The summed E-state index contributed by atoms with van der Waals surface area (Å²) in [4.78, 5) is 46.3. The second-order valence-electron chi connectivity index (χ2n) is 8.07. The van der Waals surface area contributed by atoms with Gasteiger partial charge in [0.15, 0.2) is 5.78 Å². The van der Waals surface area contributed by atoms with Gasteiger partial charge in [-0.1, -0.05) is 6.07 Å². The lowest BCUT2D eigenvalue weighted by atomic mass is 9.81. The molecule has 0 saturated carbocycles. The molecule has 1 amide bonds. The predicted octanol–water partition coefficient (Wildman–Crippen LogP) is 2.89. The Labute approximate surface area is 179 Å². The second-order valence-corrected chi connectivity index (χ2v) is 8.94. The Balaban J connectivity index is 1.51. The number of carbonyl (C=O) groups excluding carboxylic acids is 2. The lowest BCUT2D eigenvalue weighted by molar-refractivity contribution is -0.00635. The molecule has 2 aromatic rings. The Morgan fingerprint density at radius 1 is 1.27 bits per heavy atom. The SMILES string of the molecule is CSCc1nc(C(=O)N2CCC3(CC2)CC(=O)c2ccc(C)c(C)c2O3)cc(=O)[nH]1. The van der Waals surface area contributed by atoms with Crippen LogP contribution in [0.3, 0.4) is 0 Å². The fourth-order valence-corrected chi connectivity index (χ4v) is 4.57. The molecule has 0 bridgehead atoms. The number of fused-ring (bicyclic) bond motifs is 1. The van der Waals surface area contributed by atoms with Crippen molar-refractivity contribution in [1.82, 2.24) is 14.9 Å². The van der Waals surface area contributed by atoms with Crippen LogP contribution in [0.5, 0.6) is 5.75 Å². The lowest BCUT2D eigenvalue weighted by Gasteiger charge is -2.44. The highest BCUT2D eigenvalue weighted by Crippen LogP contribution is 2.41. The minimum absolute atomic E-state index is 0.0945. The number of likely N-dealkylation sites (tertiary alicyclic amines) is 1. The molecule has 1 fully saturated rings. The van der Waals surface area contributed by atoms with Crippen LogP contribution < -0.4 is 10.3 Å². The molecule has 1 N–H and O–H groups in total. The number of H-pyrrole nitrogens is 1. The van der Waals surface area contributed by atoms with Crippen LogP contribution in [-0.4, -0.2) is 51.5 Å². The van der Waals surface area contributed by atoms with Crippen LogP contribution in [0.15, 0.2) is 23.0 Å². The third-order valence-corrected chi connectivity index (χ3v) is 6.59. The maximum absolute atomic E-state index is 12.9. The van der Waals surface area contributed by atoms with E-state index >= 15 is 0 Å². The number of amides is 1. The molecule has 1 saturated heterocycles. The van der Waals surface area contributed by atoms with Gasteiger partial charge in [-0.2, -0.15) is 11.8 Å². The number of Topliss-reactive ketones (excluding diaryl/α,β-unsaturated/α-hetero) is 1. The van der Waals surface area contributed by atoms with Crippen molar-refractivity contribution in [2.45, 2.75) is 44.5 Å². The molecule has 0 aliphatic carbocycles. The van der Waals surface area contributed by atoms with Crippen molar-refractivity contribution in [2.24, 2.45) is 0 Å². The summed E-state index contributed by atoms with van der Waals surface area (Å²) >= 11 is 1.52. The monoisotopic (exact) mass is 427 g/mol. The molecule has 7 nitrogen and oxygen atoms in total. The van der Waals surface area contributed by atoms with Gasteiger partial charge in [0.25, 0.3) is 11.5 Å². The van der Waals surface area contributed by atoms with E-state index in [2.05, 4.69) is 9.97 Å². The average Bonchev–Trinajstić information content (AvgIpc) is 2.71. The molecule has 30 heavy (non-hydrogen) atoms. The van der Waals surface area contributed by atoms with E-state index in [-0.39, 0.29) is 22.9 Å². The van der Waals surface area contributed by atoms with Crippen LogP contribution >= 0.6 is 11.8 Å². The molecule has 2 aliphatic rings. The number of ketones is 1. The van der Waals surface area contributed by atoms with Gasteiger partial charge in [0.1, 0.15) is 22.9 Å². The van der Waals surface area contributed by atoms with Gasteiger partial charge in [-0.15, -0.1) is 0 Å². The van der Waals surface area contributed by atoms with Gasteiger partial charge in [-0.25, -0.2) is 4.98 Å². The number of piperidine rings is 1. The number of ether oxygens (including phenoxy) is 1. The van der Waals surface area contributed by atoms with E-state index in [1.54, 1.807) is 4.90 Å². The zero-order valence-corrected chi connectivity index (χ0v) is 18.2. The van der Waals surface area contributed by atoms with Crippen LogP contribution in [0, 0.1) is 13.8 Å². The summed E-state index contributed by atoms with van der Waals surface area (Å²) in [5.41, 5.74) is 1.99. The van der Waals surface area contributed by atoms with E-state index in [0.29, 0.717) is 55.2 Å². The molecule has 0 radical (unpaired) electrons. The minimum Gasteiger partial charge on any atom is -0.486 e. The Kier molecular flexibility index (Phi) is 5.44. The Hall–Kier alpha value is -2.61. The third kappa shape index (κ3) is 3.76. The summed E-state index contributed by atoms with van der Waals surface area (Å²) in [6.45, 7) is 4.90. The van der Waals surface area contributed by atoms with E-state index in [0.717, 1.165) is 11.1 Å². The first-order valence-electron chi connectivity index (χ1n) is 10.0. The first-order chi connectivity index (χ1) is 14.3. The summed E-state index contributed by atoms with van der Waals surface area (Å²) in [5, 5.41) is 0. The third-order valence-electron chi connectivity index (χ3n) is 6.03. The molecule has 158 valence electrons. The van der Waals surface area contributed by atoms with Crippen molar-refractivity contribution in [3.63, 3.8) is 0 Å². The molecule has 4 rings (SSSR count). The van der Waals surface area contributed by atoms with E-state index in [9.17, 15) is 14.4 Å². The van der Waals surface area contributed by atoms with Gasteiger partial charge in [0.05, 0.1) is 17.7 Å². The number of nitrogens with zero attached hydrogens (tertiary/aromatic N) is 2. The van der Waals surface area contributed by atoms with Crippen molar-refractivity contribution in [2.75, 3.05) is 19.3 Å². The van der Waals surface area contributed by atoms with Crippen molar-refractivity contribution in [1.29, 1.82) is 0 Å². The molecule has 0 unspecified atom stereocenters. The minimum atomic E-state index is -0.578. The Morgan fingerprint density at radius 3 is 2.70 bits per heavy atom. The smallest absolute Gasteiger partial charge is 0.272 e.